The van der Waals surface area contributed by atoms with Crippen LogP contribution in [0.1, 0.15) is 45.1 Å². The van der Waals surface area contributed by atoms with Gasteiger partial charge in [0, 0.05) is 19.1 Å². The largest absolute Gasteiger partial charge is 0.493 e. The van der Waals surface area contributed by atoms with Crippen LogP contribution < -0.4 is 14.8 Å². The molecule has 0 bridgehead atoms. The van der Waals surface area contributed by atoms with E-state index in [1.807, 2.05) is 36.9 Å². The van der Waals surface area contributed by atoms with Crippen molar-refractivity contribution in [2.75, 3.05) is 40.4 Å². The molecule has 6 heteroatoms. The minimum Gasteiger partial charge on any atom is -0.493 e. The van der Waals surface area contributed by atoms with E-state index in [2.05, 4.69) is 10.2 Å². The van der Waals surface area contributed by atoms with Gasteiger partial charge in [0.25, 0.3) is 0 Å². The summed E-state index contributed by atoms with van der Waals surface area (Å²) in [6.45, 7) is 8.14. The van der Waals surface area contributed by atoms with Gasteiger partial charge in [0.1, 0.15) is 0 Å². The van der Waals surface area contributed by atoms with E-state index in [0.29, 0.717) is 17.5 Å². The molecule has 150 valence electrons. The van der Waals surface area contributed by atoms with Crippen molar-refractivity contribution in [2.45, 2.75) is 51.1 Å². The van der Waals surface area contributed by atoms with Crippen molar-refractivity contribution < 1.29 is 14.3 Å². The zero-order valence-corrected chi connectivity index (χ0v) is 17.1. The summed E-state index contributed by atoms with van der Waals surface area (Å²) in [5.74, 6) is 1.36. The first-order valence-electron chi connectivity index (χ1n) is 9.98. The van der Waals surface area contributed by atoms with Crippen LogP contribution in [-0.2, 0) is 5.54 Å². The Bertz CT molecular complexity index is 648. The molecule has 2 heterocycles. The van der Waals surface area contributed by atoms with Gasteiger partial charge in [-0.3, -0.25) is 0 Å². The van der Waals surface area contributed by atoms with Gasteiger partial charge in [-0.05, 0) is 70.3 Å². The number of nitrogens with one attached hydrogen (secondary N) is 1. The average molecular weight is 376 g/mol. The maximum absolute atomic E-state index is 12.8. The van der Waals surface area contributed by atoms with Gasteiger partial charge in [0.05, 0.1) is 19.8 Å². The van der Waals surface area contributed by atoms with Gasteiger partial charge in [-0.1, -0.05) is 6.07 Å². The third-order valence-electron chi connectivity index (χ3n) is 5.93. The zero-order chi connectivity index (χ0) is 19.4. The average Bonchev–Trinajstić information content (AvgIpc) is 3.22. The molecular weight excluding hydrogens is 342 g/mol. The first kappa shape index (κ1) is 19.8. The Morgan fingerprint density at radius 2 is 1.67 bits per heavy atom. The number of nitrogens with zero attached hydrogens (tertiary/aromatic N) is 2. The Labute approximate surface area is 162 Å². The lowest BCUT2D eigenvalue weighted by molar-refractivity contribution is 0.129. The van der Waals surface area contributed by atoms with Gasteiger partial charge in [0.2, 0.25) is 0 Å². The molecule has 27 heavy (non-hydrogen) atoms. The summed E-state index contributed by atoms with van der Waals surface area (Å²) in [5.41, 5.74) is 0.489. The molecule has 0 spiro atoms. The molecule has 1 aromatic rings. The quantitative estimate of drug-likeness (QED) is 0.859. The Kier molecular flexibility index (Phi) is 6.15. The van der Waals surface area contributed by atoms with Crippen LogP contribution >= 0.6 is 0 Å². The molecule has 0 radical (unpaired) electrons. The predicted molar refractivity (Wildman–Crippen MR) is 107 cm³/mol. The zero-order valence-electron chi connectivity index (χ0n) is 17.1. The van der Waals surface area contributed by atoms with E-state index in [1.54, 1.807) is 14.2 Å². The van der Waals surface area contributed by atoms with E-state index in [9.17, 15) is 4.79 Å². The fraction of sp³-hybridized carbons (Fsp3) is 0.667. The molecular formula is C21H33N3O3. The second kappa shape index (κ2) is 8.38. The Morgan fingerprint density at radius 1 is 1.04 bits per heavy atom. The number of carbonyl (C=O) groups is 1. The lowest BCUT2D eigenvalue weighted by atomic mass is 9.94. The summed E-state index contributed by atoms with van der Waals surface area (Å²) in [6.07, 6.45) is 4.79. The van der Waals surface area contributed by atoms with Crippen LogP contribution in [-0.4, -0.2) is 62.3 Å². The van der Waals surface area contributed by atoms with Crippen LogP contribution in [0.15, 0.2) is 18.2 Å². The van der Waals surface area contributed by atoms with Gasteiger partial charge in [0.15, 0.2) is 11.5 Å². The summed E-state index contributed by atoms with van der Waals surface area (Å²) >= 11 is 0. The van der Waals surface area contributed by atoms with Crippen molar-refractivity contribution in [3.05, 3.63) is 23.8 Å². The third-order valence-corrected chi connectivity index (χ3v) is 5.93. The molecule has 2 fully saturated rings. The standard InChI is InChI=1S/C21H33N3O3/c1-21(2,16-7-8-18(26-3)19(15-16)27-4)22-20(25)24-13-9-17(10-14-24)23-11-5-6-12-23/h7-8,15,17H,5-6,9-14H2,1-4H3,(H,22,25). The summed E-state index contributed by atoms with van der Waals surface area (Å²) in [7, 11) is 3.24. The molecule has 2 aliphatic heterocycles. The predicted octanol–water partition coefficient (Wildman–Crippen LogP) is 3.21. The highest BCUT2D eigenvalue weighted by molar-refractivity contribution is 5.75. The van der Waals surface area contributed by atoms with Crippen LogP contribution in [0.2, 0.25) is 0 Å². The highest BCUT2D eigenvalue weighted by atomic mass is 16.5. The maximum atomic E-state index is 12.8. The van der Waals surface area contributed by atoms with Crippen molar-refractivity contribution in [1.82, 2.24) is 15.1 Å². The monoisotopic (exact) mass is 375 g/mol. The van der Waals surface area contributed by atoms with Crippen LogP contribution in [0, 0.1) is 0 Å². The van der Waals surface area contributed by atoms with Crippen LogP contribution in [0.3, 0.4) is 0 Å². The Balaban J connectivity index is 1.59. The van der Waals surface area contributed by atoms with E-state index in [4.69, 9.17) is 9.47 Å². The minimum absolute atomic E-state index is 0.00894. The number of piperidine rings is 1. The SMILES string of the molecule is COc1ccc(C(C)(C)NC(=O)N2CCC(N3CCCC3)CC2)cc1OC. The molecule has 0 atom stereocenters. The van der Waals surface area contributed by atoms with E-state index >= 15 is 0 Å². The van der Waals surface area contributed by atoms with Crippen molar-refractivity contribution in [1.29, 1.82) is 0 Å². The normalized spacial score (nSPS) is 19.2. The van der Waals surface area contributed by atoms with Crippen molar-refractivity contribution in [2.24, 2.45) is 0 Å². The minimum atomic E-state index is -0.498. The Morgan fingerprint density at radius 3 is 2.26 bits per heavy atom. The fourth-order valence-corrected chi connectivity index (χ4v) is 4.18. The number of carbonyl (C=O) groups excluding carboxylic acids is 1. The number of hydrogen-bond acceptors (Lipinski definition) is 4. The molecule has 0 aliphatic carbocycles. The molecule has 2 aliphatic rings. The Hall–Kier alpha value is -1.95. The number of benzene rings is 1. The first-order chi connectivity index (χ1) is 12.9. The number of ether oxygens (including phenoxy) is 2. The molecule has 6 nitrogen and oxygen atoms in total. The third kappa shape index (κ3) is 4.49. The van der Waals surface area contributed by atoms with Gasteiger partial charge in [-0.25, -0.2) is 4.79 Å². The molecule has 2 amide bonds. The maximum Gasteiger partial charge on any atom is 0.318 e. The topological polar surface area (TPSA) is 54.0 Å². The molecule has 3 rings (SSSR count). The highest BCUT2D eigenvalue weighted by Crippen LogP contribution is 2.32. The van der Waals surface area contributed by atoms with Crippen LogP contribution in [0.5, 0.6) is 11.5 Å². The van der Waals surface area contributed by atoms with Crippen molar-refractivity contribution >= 4 is 6.03 Å². The molecule has 0 unspecified atom stereocenters. The molecule has 1 aromatic carbocycles. The van der Waals surface area contributed by atoms with Gasteiger partial charge in [-0.2, -0.15) is 0 Å². The van der Waals surface area contributed by atoms with Crippen LogP contribution in [0.25, 0.3) is 0 Å². The van der Waals surface area contributed by atoms with Crippen LogP contribution in [0.4, 0.5) is 4.79 Å². The van der Waals surface area contributed by atoms with Gasteiger partial charge >= 0.3 is 6.03 Å². The van der Waals surface area contributed by atoms with Gasteiger partial charge < -0.3 is 24.6 Å². The molecule has 1 N–H and O–H groups in total. The summed E-state index contributed by atoms with van der Waals surface area (Å²) in [4.78, 5) is 17.4. The number of methoxy groups -OCH3 is 2. The van der Waals surface area contributed by atoms with E-state index in [0.717, 1.165) is 31.5 Å². The highest BCUT2D eigenvalue weighted by Gasteiger charge is 2.31. The molecule has 0 aromatic heterocycles. The second-order valence-electron chi connectivity index (χ2n) is 8.09. The molecule has 0 saturated carbocycles. The lowest BCUT2D eigenvalue weighted by Crippen LogP contribution is -2.52. The van der Waals surface area contributed by atoms with E-state index in [1.165, 1.54) is 25.9 Å². The summed E-state index contributed by atoms with van der Waals surface area (Å²) in [6, 6.07) is 6.44. The fourth-order valence-electron chi connectivity index (χ4n) is 4.18. The van der Waals surface area contributed by atoms with E-state index in [-0.39, 0.29) is 6.03 Å². The number of rotatable bonds is 5. The number of amides is 2. The molecule has 2 saturated heterocycles. The summed E-state index contributed by atoms with van der Waals surface area (Å²) < 4.78 is 10.7. The smallest absolute Gasteiger partial charge is 0.318 e. The number of urea groups is 1. The van der Waals surface area contributed by atoms with E-state index < -0.39 is 5.54 Å². The lowest BCUT2D eigenvalue weighted by Gasteiger charge is -2.38. The summed E-state index contributed by atoms with van der Waals surface area (Å²) in [5, 5.41) is 3.19. The van der Waals surface area contributed by atoms with Gasteiger partial charge in [-0.15, -0.1) is 0 Å². The number of hydrogen-bond donors (Lipinski definition) is 1. The number of likely N-dealkylation sites (tertiary alicyclic amines) is 2. The first-order valence-corrected chi connectivity index (χ1v) is 9.98. The van der Waals surface area contributed by atoms with Crippen molar-refractivity contribution in [3.63, 3.8) is 0 Å². The second-order valence-corrected chi connectivity index (χ2v) is 8.09. The van der Waals surface area contributed by atoms with Crippen molar-refractivity contribution in [3.8, 4) is 11.5 Å².